The first-order valence-corrected chi connectivity index (χ1v) is 9.04. The van der Waals surface area contributed by atoms with Crippen LogP contribution in [-0.2, 0) is 14.8 Å². The van der Waals surface area contributed by atoms with Gasteiger partial charge in [0.1, 0.15) is 0 Å². The fourth-order valence-corrected chi connectivity index (χ4v) is 3.06. The highest BCUT2D eigenvalue weighted by molar-refractivity contribution is 7.89. The van der Waals surface area contributed by atoms with Crippen LogP contribution in [0.5, 0.6) is 0 Å². The third kappa shape index (κ3) is 7.65. The lowest BCUT2D eigenvalue weighted by atomic mass is 10.4. The first-order chi connectivity index (χ1) is 11.0. The van der Waals surface area contributed by atoms with Crippen molar-refractivity contribution in [2.24, 2.45) is 4.99 Å². The summed E-state index contributed by atoms with van der Waals surface area (Å²) in [6.07, 6.45) is 0.860. The predicted molar refractivity (Wildman–Crippen MR) is 92.5 cm³/mol. The van der Waals surface area contributed by atoms with Gasteiger partial charge in [0.15, 0.2) is 5.96 Å². The van der Waals surface area contributed by atoms with Crippen molar-refractivity contribution < 1.29 is 13.2 Å². The van der Waals surface area contributed by atoms with Gasteiger partial charge < -0.3 is 15.4 Å². The van der Waals surface area contributed by atoms with Crippen LogP contribution in [0.4, 0.5) is 0 Å². The smallest absolute Gasteiger partial charge is 0.240 e. The number of aliphatic imine (C=N–C) groups is 1. The third-order valence-electron chi connectivity index (χ3n) is 2.86. The van der Waals surface area contributed by atoms with Gasteiger partial charge in [-0.1, -0.05) is 17.7 Å². The van der Waals surface area contributed by atoms with Gasteiger partial charge >= 0.3 is 0 Å². The highest BCUT2D eigenvalue weighted by Gasteiger charge is 2.13. The average Bonchev–Trinajstić information content (AvgIpc) is 2.53. The second-order valence-corrected chi connectivity index (χ2v) is 6.83. The summed E-state index contributed by atoms with van der Waals surface area (Å²) in [5, 5.41) is 6.51. The SMILES string of the molecule is CN=C(NCCCOC)NCCNS(=O)(=O)c1cccc(Cl)c1. The fourth-order valence-electron chi connectivity index (χ4n) is 1.73. The molecule has 23 heavy (non-hydrogen) atoms. The largest absolute Gasteiger partial charge is 0.385 e. The van der Waals surface area contributed by atoms with Gasteiger partial charge in [0.05, 0.1) is 4.90 Å². The summed E-state index contributed by atoms with van der Waals surface area (Å²) >= 11 is 5.81. The Balaban J connectivity index is 2.35. The second kappa shape index (κ2) is 10.4. The number of guanidine groups is 1. The van der Waals surface area contributed by atoms with E-state index < -0.39 is 10.0 Å². The molecule has 0 fully saturated rings. The molecule has 0 radical (unpaired) electrons. The lowest BCUT2D eigenvalue weighted by molar-refractivity contribution is 0.195. The van der Waals surface area contributed by atoms with E-state index in [4.69, 9.17) is 16.3 Å². The van der Waals surface area contributed by atoms with Crippen molar-refractivity contribution >= 4 is 27.6 Å². The van der Waals surface area contributed by atoms with Gasteiger partial charge in [-0.05, 0) is 24.6 Å². The maximum Gasteiger partial charge on any atom is 0.240 e. The standard InChI is InChI=1S/C14H23ClN4O3S/c1-16-14(17-7-4-10-22-2)18-8-9-19-23(20,21)13-6-3-5-12(15)11-13/h3,5-6,11,19H,4,7-10H2,1-2H3,(H2,16,17,18). The number of rotatable bonds is 9. The Morgan fingerprint density at radius 1 is 1.26 bits per heavy atom. The van der Waals surface area contributed by atoms with Crippen LogP contribution in [0.1, 0.15) is 6.42 Å². The van der Waals surface area contributed by atoms with Crippen LogP contribution in [0.15, 0.2) is 34.2 Å². The van der Waals surface area contributed by atoms with Crippen molar-refractivity contribution in [1.82, 2.24) is 15.4 Å². The Morgan fingerprint density at radius 2 is 2.00 bits per heavy atom. The lowest BCUT2D eigenvalue weighted by Gasteiger charge is -2.12. The molecule has 1 aromatic rings. The maximum absolute atomic E-state index is 12.1. The molecule has 0 heterocycles. The Kier molecular flexibility index (Phi) is 8.93. The summed E-state index contributed by atoms with van der Waals surface area (Å²) in [4.78, 5) is 4.19. The molecule has 7 nitrogen and oxygen atoms in total. The van der Waals surface area contributed by atoms with Gasteiger partial charge in [0, 0.05) is 45.4 Å². The molecular formula is C14H23ClN4O3S. The van der Waals surface area contributed by atoms with Crippen molar-refractivity contribution in [3.8, 4) is 0 Å². The van der Waals surface area contributed by atoms with Gasteiger partial charge in [-0.25, -0.2) is 13.1 Å². The minimum atomic E-state index is -3.56. The van der Waals surface area contributed by atoms with Crippen LogP contribution in [0, 0.1) is 0 Å². The number of ether oxygens (including phenoxy) is 1. The second-order valence-electron chi connectivity index (χ2n) is 4.63. The zero-order chi connectivity index (χ0) is 17.1. The first-order valence-electron chi connectivity index (χ1n) is 7.18. The molecule has 3 N–H and O–H groups in total. The minimum Gasteiger partial charge on any atom is -0.385 e. The van der Waals surface area contributed by atoms with Gasteiger partial charge in [-0.3, -0.25) is 4.99 Å². The van der Waals surface area contributed by atoms with Crippen LogP contribution < -0.4 is 15.4 Å². The topological polar surface area (TPSA) is 91.8 Å². The van der Waals surface area contributed by atoms with Crippen molar-refractivity contribution in [1.29, 1.82) is 0 Å². The molecule has 0 aliphatic carbocycles. The molecule has 1 rings (SSSR count). The molecule has 130 valence electrons. The number of halogens is 1. The third-order valence-corrected chi connectivity index (χ3v) is 4.55. The van der Waals surface area contributed by atoms with Gasteiger partial charge in [-0.15, -0.1) is 0 Å². The normalized spacial score (nSPS) is 12.2. The van der Waals surface area contributed by atoms with Gasteiger partial charge in [0.2, 0.25) is 10.0 Å². The van der Waals surface area contributed by atoms with E-state index in [1.165, 1.54) is 12.1 Å². The lowest BCUT2D eigenvalue weighted by Crippen LogP contribution is -2.41. The zero-order valence-electron chi connectivity index (χ0n) is 13.3. The first kappa shape index (κ1) is 19.7. The highest BCUT2D eigenvalue weighted by Crippen LogP contribution is 2.14. The van der Waals surface area contributed by atoms with E-state index in [0.717, 1.165) is 13.0 Å². The van der Waals surface area contributed by atoms with Crippen LogP contribution >= 0.6 is 11.6 Å². The van der Waals surface area contributed by atoms with Gasteiger partial charge in [-0.2, -0.15) is 0 Å². The molecule has 0 aromatic heterocycles. The van der Waals surface area contributed by atoms with Crippen molar-refractivity contribution in [2.75, 3.05) is 40.4 Å². The molecule has 0 spiro atoms. The summed E-state index contributed by atoms with van der Waals surface area (Å²) in [7, 11) is -0.257. The Bertz CT molecular complexity index is 608. The maximum atomic E-state index is 12.1. The summed E-state index contributed by atoms with van der Waals surface area (Å²) in [6, 6.07) is 6.13. The molecule has 0 aliphatic rings. The zero-order valence-corrected chi connectivity index (χ0v) is 14.9. The Hall–Kier alpha value is -1.35. The molecule has 0 saturated heterocycles. The molecule has 9 heteroatoms. The van der Waals surface area contributed by atoms with E-state index in [9.17, 15) is 8.42 Å². The van der Waals surface area contributed by atoms with E-state index in [-0.39, 0.29) is 11.4 Å². The van der Waals surface area contributed by atoms with Crippen molar-refractivity contribution in [3.05, 3.63) is 29.3 Å². The molecule has 0 unspecified atom stereocenters. The van der Waals surface area contributed by atoms with Crippen LogP contribution in [0.2, 0.25) is 5.02 Å². The van der Waals surface area contributed by atoms with E-state index in [0.29, 0.717) is 24.1 Å². The summed E-state index contributed by atoms with van der Waals surface area (Å²) in [5.41, 5.74) is 0. The molecule has 0 bridgehead atoms. The van der Waals surface area contributed by atoms with Crippen LogP contribution in [0.3, 0.4) is 0 Å². The summed E-state index contributed by atoms with van der Waals surface area (Å²) in [5.74, 6) is 0.614. The number of nitrogens with one attached hydrogen (secondary N) is 3. The van der Waals surface area contributed by atoms with E-state index in [2.05, 4.69) is 20.3 Å². The Morgan fingerprint density at radius 3 is 2.65 bits per heavy atom. The molecular weight excluding hydrogens is 340 g/mol. The highest BCUT2D eigenvalue weighted by atomic mass is 35.5. The van der Waals surface area contributed by atoms with E-state index in [1.807, 2.05) is 0 Å². The quantitative estimate of drug-likeness (QED) is 0.343. The van der Waals surface area contributed by atoms with Gasteiger partial charge in [0.25, 0.3) is 0 Å². The minimum absolute atomic E-state index is 0.145. The van der Waals surface area contributed by atoms with E-state index >= 15 is 0 Å². The van der Waals surface area contributed by atoms with Crippen molar-refractivity contribution in [2.45, 2.75) is 11.3 Å². The number of methoxy groups -OCH3 is 1. The Labute approximate surface area is 142 Å². The molecule has 0 aliphatic heterocycles. The average molecular weight is 363 g/mol. The number of hydrogen-bond acceptors (Lipinski definition) is 4. The molecule has 1 aromatic carbocycles. The van der Waals surface area contributed by atoms with Crippen LogP contribution in [-0.4, -0.2) is 54.8 Å². The predicted octanol–water partition coefficient (Wildman–Crippen LogP) is 0.820. The van der Waals surface area contributed by atoms with E-state index in [1.54, 1.807) is 26.3 Å². The summed E-state index contributed by atoms with van der Waals surface area (Å²) in [6.45, 7) is 2.03. The number of hydrogen-bond donors (Lipinski definition) is 3. The monoisotopic (exact) mass is 362 g/mol. The fraction of sp³-hybridized carbons (Fsp3) is 0.500. The number of benzene rings is 1. The van der Waals surface area contributed by atoms with Crippen LogP contribution in [0.25, 0.3) is 0 Å². The summed E-state index contributed by atoms with van der Waals surface area (Å²) < 4.78 is 31.6. The molecule has 0 amide bonds. The molecule has 0 saturated carbocycles. The number of nitrogens with zero attached hydrogens (tertiary/aromatic N) is 1. The molecule has 0 atom stereocenters. The number of sulfonamides is 1. The van der Waals surface area contributed by atoms with Crippen molar-refractivity contribution in [3.63, 3.8) is 0 Å².